The minimum Gasteiger partial charge on any atom is -0.377 e. The number of rotatable bonds is 5. The van der Waals surface area contributed by atoms with Crippen LogP contribution in [-0.2, 0) is 9.53 Å². The highest BCUT2D eigenvalue weighted by Gasteiger charge is 2.27. The lowest BCUT2D eigenvalue weighted by atomic mass is 10.1. The summed E-state index contributed by atoms with van der Waals surface area (Å²) in [5.41, 5.74) is 0. The van der Waals surface area contributed by atoms with E-state index in [0.29, 0.717) is 6.04 Å². The monoisotopic (exact) mass is 228 g/mol. The predicted molar refractivity (Wildman–Crippen MR) is 64.3 cm³/mol. The maximum atomic E-state index is 11.8. The molecule has 4 heteroatoms. The van der Waals surface area contributed by atoms with Gasteiger partial charge in [-0.1, -0.05) is 6.92 Å². The zero-order valence-corrected chi connectivity index (χ0v) is 10.7. The topological polar surface area (TPSA) is 50.4 Å². The highest BCUT2D eigenvalue weighted by molar-refractivity contribution is 5.81. The van der Waals surface area contributed by atoms with Crippen molar-refractivity contribution in [3.05, 3.63) is 0 Å². The number of ether oxygens (including phenoxy) is 1. The Labute approximate surface area is 98.1 Å². The first-order valence-corrected chi connectivity index (χ1v) is 6.22. The quantitative estimate of drug-likeness (QED) is 0.739. The maximum absolute atomic E-state index is 11.8. The molecule has 1 aliphatic rings. The molecule has 1 aliphatic heterocycles. The van der Waals surface area contributed by atoms with Gasteiger partial charge in [0.2, 0.25) is 5.91 Å². The first-order chi connectivity index (χ1) is 7.54. The van der Waals surface area contributed by atoms with Gasteiger partial charge in [0.05, 0.1) is 12.1 Å². The molecule has 0 spiro atoms. The molecule has 0 aromatic heterocycles. The smallest absolute Gasteiger partial charge is 0.237 e. The van der Waals surface area contributed by atoms with E-state index >= 15 is 0 Å². The Bertz CT molecular complexity index is 233. The third-order valence-electron chi connectivity index (χ3n) is 3.23. The summed E-state index contributed by atoms with van der Waals surface area (Å²) >= 11 is 0. The molecule has 1 heterocycles. The molecule has 0 aromatic carbocycles. The van der Waals surface area contributed by atoms with E-state index in [1.807, 2.05) is 20.8 Å². The summed E-state index contributed by atoms with van der Waals surface area (Å²) < 4.78 is 5.45. The Hall–Kier alpha value is -0.610. The number of hydrogen-bond donors (Lipinski definition) is 2. The van der Waals surface area contributed by atoms with Gasteiger partial charge < -0.3 is 15.4 Å². The Morgan fingerprint density at radius 3 is 2.69 bits per heavy atom. The minimum absolute atomic E-state index is 0.0773. The largest absolute Gasteiger partial charge is 0.377 e. The van der Waals surface area contributed by atoms with Crippen molar-refractivity contribution in [1.29, 1.82) is 0 Å². The predicted octanol–water partition coefficient (Wildman–Crippen LogP) is 1.06. The van der Waals surface area contributed by atoms with Crippen LogP contribution < -0.4 is 10.6 Å². The summed E-state index contributed by atoms with van der Waals surface area (Å²) in [7, 11) is 0. The molecular weight excluding hydrogens is 204 g/mol. The number of carbonyl (C=O) groups is 1. The summed E-state index contributed by atoms with van der Waals surface area (Å²) in [6.45, 7) is 8.83. The highest BCUT2D eigenvalue weighted by atomic mass is 16.5. The van der Waals surface area contributed by atoms with Gasteiger partial charge in [-0.05, 0) is 33.6 Å². The Kier molecular flexibility index (Phi) is 5.22. The van der Waals surface area contributed by atoms with Gasteiger partial charge in [-0.15, -0.1) is 0 Å². The van der Waals surface area contributed by atoms with E-state index in [2.05, 4.69) is 17.6 Å². The number of hydrogen-bond acceptors (Lipinski definition) is 3. The molecule has 0 radical (unpaired) electrons. The van der Waals surface area contributed by atoms with Crippen LogP contribution in [0, 0.1) is 0 Å². The van der Waals surface area contributed by atoms with E-state index < -0.39 is 0 Å². The summed E-state index contributed by atoms with van der Waals surface area (Å²) in [5.74, 6) is 0.0773. The third kappa shape index (κ3) is 3.76. The van der Waals surface area contributed by atoms with Crippen LogP contribution in [0.5, 0.6) is 0 Å². The van der Waals surface area contributed by atoms with Crippen LogP contribution in [0.2, 0.25) is 0 Å². The van der Waals surface area contributed by atoms with E-state index in [0.717, 1.165) is 19.4 Å². The van der Waals surface area contributed by atoms with Gasteiger partial charge in [0.15, 0.2) is 0 Å². The maximum Gasteiger partial charge on any atom is 0.237 e. The van der Waals surface area contributed by atoms with Crippen LogP contribution in [0.4, 0.5) is 0 Å². The molecule has 0 aromatic rings. The normalized spacial score (nSPS) is 28.8. The van der Waals surface area contributed by atoms with Crippen molar-refractivity contribution in [2.75, 3.05) is 6.61 Å². The second-order valence-corrected chi connectivity index (χ2v) is 4.68. The van der Waals surface area contributed by atoms with Gasteiger partial charge in [0.25, 0.3) is 0 Å². The first kappa shape index (κ1) is 13.5. The van der Waals surface area contributed by atoms with E-state index in [9.17, 15) is 4.79 Å². The van der Waals surface area contributed by atoms with Gasteiger partial charge >= 0.3 is 0 Å². The van der Waals surface area contributed by atoms with Gasteiger partial charge in [0, 0.05) is 18.7 Å². The van der Waals surface area contributed by atoms with Crippen LogP contribution in [0.1, 0.15) is 40.5 Å². The summed E-state index contributed by atoms with van der Waals surface area (Å²) in [4.78, 5) is 11.8. The molecule has 94 valence electrons. The van der Waals surface area contributed by atoms with Crippen LogP contribution >= 0.6 is 0 Å². The average molecular weight is 228 g/mol. The standard InChI is InChI=1S/C12H24N2O2/c1-5-8(2)13-12(15)9(3)14-11-6-7-16-10(11)4/h8-11,14H,5-7H2,1-4H3,(H,13,15). The molecule has 1 amide bonds. The van der Waals surface area contributed by atoms with Crippen LogP contribution in [0.15, 0.2) is 0 Å². The lowest BCUT2D eigenvalue weighted by Gasteiger charge is -2.22. The van der Waals surface area contributed by atoms with Gasteiger partial charge in [-0.25, -0.2) is 0 Å². The van der Waals surface area contributed by atoms with Crippen molar-refractivity contribution < 1.29 is 9.53 Å². The molecule has 0 aliphatic carbocycles. The lowest BCUT2D eigenvalue weighted by molar-refractivity contribution is -0.123. The number of amides is 1. The fraction of sp³-hybridized carbons (Fsp3) is 0.917. The molecule has 4 unspecified atom stereocenters. The van der Waals surface area contributed by atoms with E-state index in [4.69, 9.17) is 4.74 Å². The van der Waals surface area contributed by atoms with E-state index in [-0.39, 0.29) is 24.1 Å². The molecule has 0 bridgehead atoms. The summed E-state index contributed by atoms with van der Waals surface area (Å²) in [6.07, 6.45) is 2.16. The van der Waals surface area contributed by atoms with Crippen molar-refractivity contribution in [2.24, 2.45) is 0 Å². The van der Waals surface area contributed by atoms with E-state index in [1.165, 1.54) is 0 Å². The summed E-state index contributed by atoms with van der Waals surface area (Å²) in [5, 5.41) is 6.30. The SMILES string of the molecule is CCC(C)NC(=O)C(C)NC1CCOC1C. The first-order valence-electron chi connectivity index (χ1n) is 6.22. The molecule has 1 fully saturated rings. The Morgan fingerprint density at radius 2 is 2.19 bits per heavy atom. The van der Waals surface area contributed by atoms with E-state index in [1.54, 1.807) is 0 Å². The van der Waals surface area contributed by atoms with Crippen LogP contribution in [0.25, 0.3) is 0 Å². The molecule has 2 N–H and O–H groups in total. The molecule has 1 rings (SSSR count). The number of carbonyl (C=O) groups excluding carboxylic acids is 1. The fourth-order valence-corrected chi connectivity index (χ4v) is 1.82. The Morgan fingerprint density at radius 1 is 1.50 bits per heavy atom. The zero-order valence-electron chi connectivity index (χ0n) is 10.7. The molecule has 0 saturated carbocycles. The fourth-order valence-electron chi connectivity index (χ4n) is 1.82. The highest BCUT2D eigenvalue weighted by Crippen LogP contribution is 2.13. The number of nitrogens with one attached hydrogen (secondary N) is 2. The molecule has 4 nitrogen and oxygen atoms in total. The molecule has 1 saturated heterocycles. The minimum atomic E-state index is -0.150. The van der Waals surface area contributed by atoms with Gasteiger partial charge in [-0.2, -0.15) is 0 Å². The average Bonchev–Trinajstić information content (AvgIpc) is 2.64. The van der Waals surface area contributed by atoms with Crippen molar-refractivity contribution in [1.82, 2.24) is 10.6 Å². The molecular formula is C12H24N2O2. The van der Waals surface area contributed by atoms with Crippen LogP contribution in [0.3, 0.4) is 0 Å². The van der Waals surface area contributed by atoms with Crippen molar-refractivity contribution in [3.8, 4) is 0 Å². The Balaban J connectivity index is 2.33. The van der Waals surface area contributed by atoms with Gasteiger partial charge in [0.1, 0.15) is 0 Å². The lowest BCUT2D eigenvalue weighted by Crippen LogP contribution is -2.50. The van der Waals surface area contributed by atoms with Gasteiger partial charge in [-0.3, -0.25) is 4.79 Å². The second-order valence-electron chi connectivity index (χ2n) is 4.68. The third-order valence-corrected chi connectivity index (χ3v) is 3.23. The zero-order chi connectivity index (χ0) is 12.1. The molecule has 4 atom stereocenters. The van der Waals surface area contributed by atoms with Crippen molar-refractivity contribution in [2.45, 2.75) is 64.8 Å². The molecule has 16 heavy (non-hydrogen) atoms. The van der Waals surface area contributed by atoms with Crippen molar-refractivity contribution >= 4 is 5.91 Å². The summed E-state index contributed by atoms with van der Waals surface area (Å²) in [6, 6.07) is 0.398. The van der Waals surface area contributed by atoms with Crippen LogP contribution in [-0.4, -0.2) is 36.7 Å². The van der Waals surface area contributed by atoms with Crippen molar-refractivity contribution in [3.63, 3.8) is 0 Å². The second kappa shape index (κ2) is 6.21.